The Bertz CT molecular complexity index is 519. The normalized spacial score (nSPS) is 18.5. The number of thiophene rings is 1. The maximum Gasteiger partial charge on any atom is 0.244 e. The van der Waals surface area contributed by atoms with Gasteiger partial charge in [-0.15, -0.1) is 11.3 Å². The molecule has 20 heavy (non-hydrogen) atoms. The van der Waals surface area contributed by atoms with Gasteiger partial charge >= 0.3 is 0 Å². The first-order valence-corrected chi connectivity index (χ1v) is 9.21. The smallest absolute Gasteiger partial charge is 0.244 e. The fourth-order valence-electron chi connectivity index (χ4n) is 2.37. The van der Waals surface area contributed by atoms with Crippen molar-refractivity contribution in [3.63, 3.8) is 0 Å². The van der Waals surface area contributed by atoms with Crippen molar-refractivity contribution in [3.05, 3.63) is 16.3 Å². The molecule has 1 aliphatic heterocycles. The Labute approximate surface area is 125 Å². The molecule has 7 heteroatoms. The molecule has 0 aromatic carbocycles. The Kier molecular flexibility index (Phi) is 5.57. The Morgan fingerprint density at radius 1 is 1.45 bits per heavy atom. The third-order valence-corrected chi connectivity index (χ3v) is 6.63. The second kappa shape index (κ2) is 7.00. The van der Waals surface area contributed by atoms with Crippen molar-refractivity contribution in [2.75, 3.05) is 26.7 Å². The van der Waals surface area contributed by atoms with Crippen LogP contribution in [0.2, 0.25) is 0 Å². The average molecular weight is 318 g/mol. The minimum Gasteiger partial charge on any atom is -0.381 e. The molecule has 0 aliphatic carbocycles. The van der Waals surface area contributed by atoms with Crippen molar-refractivity contribution in [1.29, 1.82) is 0 Å². The molecule has 0 atom stereocenters. The molecule has 1 N–H and O–H groups in total. The van der Waals surface area contributed by atoms with Crippen LogP contribution in [-0.2, 0) is 21.3 Å². The van der Waals surface area contributed by atoms with Crippen molar-refractivity contribution in [1.82, 2.24) is 9.62 Å². The van der Waals surface area contributed by atoms with Gasteiger partial charge < -0.3 is 10.1 Å². The molecule has 0 unspecified atom stereocenters. The summed E-state index contributed by atoms with van der Waals surface area (Å²) in [5.41, 5.74) is 0. The maximum atomic E-state index is 12.7. The van der Waals surface area contributed by atoms with E-state index in [1.165, 1.54) is 11.3 Å². The van der Waals surface area contributed by atoms with Gasteiger partial charge in [-0.05, 0) is 30.8 Å². The predicted octanol–water partition coefficient (Wildman–Crippen LogP) is 1.66. The zero-order chi connectivity index (χ0) is 14.6. The number of piperidine rings is 1. The lowest BCUT2D eigenvalue weighted by Crippen LogP contribution is -2.40. The molecule has 0 amide bonds. The molecule has 1 aromatic heterocycles. The predicted molar refractivity (Wildman–Crippen MR) is 80.5 cm³/mol. The molecule has 0 saturated carbocycles. The summed E-state index contributed by atoms with van der Waals surface area (Å²) in [6.07, 6.45) is 1.72. The molecule has 1 aliphatic rings. The number of sulfonamides is 1. The number of ether oxygens (including phenoxy) is 1. The summed E-state index contributed by atoms with van der Waals surface area (Å²) in [7, 11) is -1.68. The van der Waals surface area contributed by atoms with Gasteiger partial charge in [0.2, 0.25) is 10.0 Å². The topological polar surface area (TPSA) is 58.6 Å². The number of nitrogens with one attached hydrogen (secondary N) is 1. The van der Waals surface area contributed by atoms with Gasteiger partial charge in [0, 0.05) is 31.6 Å². The largest absolute Gasteiger partial charge is 0.381 e. The van der Waals surface area contributed by atoms with Crippen LogP contribution in [0.1, 0.15) is 24.6 Å². The van der Waals surface area contributed by atoms with E-state index in [9.17, 15) is 8.42 Å². The zero-order valence-electron chi connectivity index (χ0n) is 12.0. The van der Waals surface area contributed by atoms with Gasteiger partial charge in [0.25, 0.3) is 0 Å². The second-order valence-electron chi connectivity index (χ2n) is 4.83. The first-order chi connectivity index (χ1) is 9.59. The quantitative estimate of drug-likeness (QED) is 0.866. The molecule has 0 bridgehead atoms. The number of methoxy groups -OCH3 is 1. The maximum absolute atomic E-state index is 12.7. The lowest BCUT2D eigenvalue weighted by molar-refractivity contribution is 0.0604. The van der Waals surface area contributed by atoms with Gasteiger partial charge in [-0.25, -0.2) is 8.42 Å². The molecule has 1 saturated heterocycles. The molecular formula is C13H22N2O3S2. The summed E-state index contributed by atoms with van der Waals surface area (Å²) < 4.78 is 32.3. The first-order valence-electron chi connectivity index (χ1n) is 6.89. The molecule has 2 heterocycles. The van der Waals surface area contributed by atoms with E-state index < -0.39 is 10.0 Å². The highest BCUT2D eigenvalue weighted by atomic mass is 32.2. The lowest BCUT2D eigenvalue weighted by atomic mass is 10.1. The van der Waals surface area contributed by atoms with Crippen LogP contribution in [-0.4, -0.2) is 45.6 Å². The summed E-state index contributed by atoms with van der Waals surface area (Å²) in [4.78, 5) is 1.35. The fraction of sp³-hybridized carbons (Fsp3) is 0.692. The van der Waals surface area contributed by atoms with E-state index in [1.54, 1.807) is 17.5 Å². The van der Waals surface area contributed by atoms with Gasteiger partial charge in [-0.2, -0.15) is 4.31 Å². The van der Waals surface area contributed by atoms with E-state index in [4.69, 9.17) is 4.74 Å². The minimum absolute atomic E-state index is 0.185. The van der Waals surface area contributed by atoms with Gasteiger partial charge in [0.05, 0.1) is 11.0 Å². The second-order valence-corrected chi connectivity index (χ2v) is 7.73. The first kappa shape index (κ1) is 15.9. The van der Waals surface area contributed by atoms with Crippen LogP contribution in [0.3, 0.4) is 0 Å². The molecule has 1 fully saturated rings. The summed E-state index contributed by atoms with van der Waals surface area (Å²) in [5, 5.41) is 5.04. The lowest BCUT2D eigenvalue weighted by Gasteiger charge is -2.30. The molecule has 1 aromatic rings. The Morgan fingerprint density at radius 3 is 2.75 bits per heavy atom. The summed E-state index contributed by atoms with van der Waals surface area (Å²) >= 11 is 1.49. The third kappa shape index (κ3) is 3.40. The van der Waals surface area contributed by atoms with E-state index in [-0.39, 0.29) is 6.10 Å². The van der Waals surface area contributed by atoms with Crippen molar-refractivity contribution in [2.24, 2.45) is 0 Å². The van der Waals surface area contributed by atoms with Crippen LogP contribution in [0.15, 0.2) is 16.3 Å². The van der Waals surface area contributed by atoms with E-state index in [0.717, 1.165) is 24.3 Å². The van der Waals surface area contributed by atoms with Crippen LogP contribution in [0.25, 0.3) is 0 Å². The Hall–Kier alpha value is -0.470. The minimum atomic E-state index is -3.36. The van der Waals surface area contributed by atoms with Crippen LogP contribution in [0, 0.1) is 0 Å². The fourth-order valence-corrected chi connectivity index (χ4v) is 5.23. The van der Waals surface area contributed by atoms with E-state index in [2.05, 4.69) is 5.32 Å². The number of rotatable bonds is 6. The van der Waals surface area contributed by atoms with Crippen LogP contribution < -0.4 is 5.32 Å². The van der Waals surface area contributed by atoms with E-state index in [1.807, 2.05) is 12.3 Å². The van der Waals surface area contributed by atoms with Crippen molar-refractivity contribution in [3.8, 4) is 0 Å². The molecule has 5 nitrogen and oxygen atoms in total. The zero-order valence-corrected chi connectivity index (χ0v) is 13.6. The Morgan fingerprint density at radius 2 is 2.15 bits per heavy atom. The summed E-state index contributed by atoms with van der Waals surface area (Å²) in [6.45, 7) is 4.53. The van der Waals surface area contributed by atoms with Crippen molar-refractivity contribution < 1.29 is 13.2 Å². The highest BCUT2D eigenvalue weighted by molar-refractivity contribution is 7.89. The van der Waals surface area contributed by atoms with Crippen LogP contribution >= 0.6 is 11.3 Å². The molecule has 0 spiro atoms. The highest BCUT2D eigenvalue weighted by Gasteiger charge is 2.31. The summed E-state index contributed by atoms with van der Waals surface area (Å²) in [5.74, 6) is 0. The van der Waals surface area contributed by atoms with Crippen molar-refractivity contribution >= 4 is 21.4 Å². The molecule has 114 valence electrons. The van der Waals surface area contributed by atoms with Crippen LogP contribution in [0.5, 0.6) is 0 Å². The van der Waals surface area contributed by atoms with Gasteiger partial charge in [0.15, 0.2) is 0 Å². The number of hydrogen-bond donors (Lipinski definition) is 1. The monoisotopic (exact) mass is 318 g/mol. The van der Waals surface area contributed by atoms with E-state index >= 15 is 0 Å². The highest BCUT2D eigenvalue weighted by Crippen LogP contribution is 2.27. The summed E-state index contributed by atoms with van der Waals surface area (Å²) in [6, 6.07) is 1.72. The third-order valence-electron chi connectivity index (χ3n) is 3.59. The molecule has 0 radical (unpaired) electrons. The number of nitrogens with zero attached hydrogens (tertiary/aromatic N) is 1. The molecule has 2 rings (SSSR count). The van der Waals surface area contributed by atoms with Gasteiger partial charge in [-0.3, -0.25) is 0 Å². The van der Waals surface area contributed by atoms with Crippen molar-refractivity contribution in [2.45, 2.75) is 37.3 Å². The average Bonchev–Trinajstić information content (AvgIpc) is 2.94. The van der Waals surface area contributed by atoms with Gasteiger partial charge in [-0.1, -0.05) is 6.92 Å². The van der Waals surface area contributed by atoms with E-state index in [0.29, 0.717) is 24.5 Å². The SMILES string of the molecule is CCNCc1sccc1S(=O)(=O)N1CCC(OC)CC1. The van der Waals surface area contributed by atoms with Crippen LogP contribution in [0.4, 0.5) is 0 Å². The standard InChI is InChI=1S/C13H22N2O3S2/c1-3-14-10-12-13(6-9-19-12)20(16,17)15-7-4-11(18-2)5-8-15/h6,9,11,14H,3-5,7-8,10H2,1-2H3. The molecular weight excluding hydrogens is 296 g/mol. The van der Waals surface area contributed by atoms with Gasteiger partial charge in [0.1, 0.15) is 0 Å². The number of hydrogen-bond acceptors (Lipinski definition) is 5. The Balaban J connectivity index is 2.12.